The lowest BCUT2D eigenvalue weighted by molar-refractivity contribution is 0.0949. The van der Waals surface area contributed by atoms with E-state index in [1.165, 1.54) is 5.56 Å². The highest BCUT2D eigenvalue weighted by Gasteiger charge is 2.15. The molecule has 0 bridgehead atoms. The zero-order valence-electron chi connectivity index (χ0n) is 17.5. The van der Waals surface area contributed by atoms with Crippen molar-refractivity contribution in [3.05, 3.63) is 65.2 Å². The minimum absolute atomic E-state index is 0.0240. The third-order valence-electron chi connectivity index (χ3n) is 4.65. The first-order chi connectivity index (χ1) is 14.0. The van der Waals surface area contributed by atoms with Gasteiger partial charge in [0.05, 0.1) is 0 Å². The van der Waals surface area contributed by atoms with Crippen LogP contribution >= 0.6 is 11.8 Å². The summed E-state index contributed by atoms with van der Waals surface area (Å²) in [4.78, 5) is 12.3. The summed E-state index contributed by atoms with van der Waals surface area (Å²) in [6.07, 6.45) is 0. The molecule has 0 saturated carbocycles. The van der Waals surface area contributed by atoms with Crippen LogP contribution in [0.25, 0.3) is 11.4 Å². The Kier molecular flexibility index (Phi) is 7.09. The molecule has 0 spiro atoms. The van der Waals surface area contributed by atoms with E-state index >= 15 is 0 Å². The Balaban J connectivity index is 1.73. The number of nitrogens with zero attached hydrogens (tertiary/aromatic N) is 3. The lowest BCUT2D eigenvalue weighted by Gasteiger charge is -2.10. The molecule has 3 aromatic rings. The number of aryl methyl sites for hydroxylation is 1. The fraction of sp³-hybridized carbons (Fsp3) is 0.348. The molecule has 0 unspecified atom stereocenters. The van der Waals surface area contributed by atoms with Gasteiger partial charge in [-0.3, -0.25) is 4.79 Å². The van der Waals surface area contributed by atoms with Crippen LogP contribution in [0.3, 0.4) is 0 Å². The van der Waals surface area contributed by atoms with Gasteiger partial charge in [-0.05, 0) is 43.0 Å². The number of carbonyl (C=O) groups is 1. The highest BCUT2D eigenvalue weighted by atomic mass is 32.2. The highest BCUT2D eigenvalue weighted by Crippen LogP contribution is 2.28. The van der Waals surface area contributed by atoms with E-state index in [0.29, 0.717) is 18.0 Å². The van der Waals surface area contributed by atoms with E-state index in [-0.39, 0.29) is 5.91 Å². The van der Waals surface area contributed by atoms with Crippen LogP contribution < -0.4 is 5.32 Å². The van der Waals surface area contributed by atoms with Crippen LogP contribution in [0.4, 0.5) is 0 Å². The van der Waals surface area contributed by atoms with Gasteiger partial charge in [0.25, 0.3) is 5.91 Å². The Morgan fingerprint density at radius 2 is 1.93 bits per heavy atom. The van der Waals surface area contributed by atoms with Crippen LogP contribution in [0.5, 0.6) is 0 Å². The average Bonchev–Trinajstić information content (AvgIpc) is 3.13. The summed E-state index contributed by atoms with van der Waals surface area (Å²) in [5.41, 5.74) is 4.08. The van der Waals surface area contributed by atoms with E-state index in [2.05, 4.69) is 59.9 Å². The summed E-state index contributed by atoms with van der Waals surface area (Å²) in [7, 11) is 0. The second kappa shape index (κ2) is 9.74. The summed E-state index contributed by atoms with van der Waals surface area (Å²) in [5, 5.41) is 12.7. The molecule has 0 aliphatic heterocycles. The lowest BCUT2D eigenvalue weighted by Crippen LogP contribution is -2.27. The van der Waals surface area contributed by atoms with Gasteiger partial charge in [-0.2, -0.15) is 0 Å². The standard InChI is InChI=1S/C23H28N4OS/c1-5-27-21(20-12-7-6-9-17(20)4)25-26-23(27)29-15-18-10-8-11-19(13-18)22(28)24-14-16(2)3/h6-13,16H,5,14-15H2,1-4H3,(H,24,28). The third-order valence-corrected chi connectivity index (χ3v) is 5.68. The molecule has 0 saturated heterocycles. The smallest absolute Gasteiger partial charge is 0.251 e. The molecule has 1 aromatic heterocycles. The van der Waals surface area contributed by atoms with Crippen LogP contribution in [0.2, 0.25) is 0 Å². The normalized spacial score (nSPS) is 11.1. The molecule has 1 N–H and O–H groups in total. The van der Waals surface area contributed by atoms with Crippen molar-refractivity contribution < 1.29 is 4.79 Å². The Morgan fingerprint density at radius 3 is 2.66 bits per heavy atom. The molecule has 152 valence electrons. The van der Waals surface area contributed by atoms with Gasteiger partial charge in [-0.25, -0.2) is 0 Å². The molecule has 2 aromatic carbocycles. The fourth-order valence-corrected chi connectivity index (χ4v) is 4.00. The lowest BCUT2D eigenvalue weighted by atomic mass is 10.1. The van der Waals surface area contributed by atoms with Crippen LogP contribution in [0.15, 0.2) is 53.7 Å². The van der Waals surface area contributed by atoms with Gasteiger partial charge in [0, 0.05) is 30.0 Å². The molecule has 6 heteroatoms. The number of hydrogen-bond donors (Lipinski definition) is 1. The highest BCUT2D eigenvalue weighted by molar-refractivity contribution is 7.98. The van der Waals surface area contributed by atoms with Gasteiger partial charge >= 0.3 is 0 Å². The van der Waals surface area contributed by atoms with Crippen LogP contribution in [-0.4, -0.2) is 27.2 Å². The maximum Gasteiger partial charge on any atom is 0.251 e. The Hall–Kier alpha value is -2.60. The first kappa shape index (κ1) is 21.1. The molecular weight excluding hydrogens is 380 g/mol. The van der Waals surface area contributed by atoms with Crippen molar-refractivity contribution in [2.24, 2.45) is 5.92 Å². The maximum absolute atomic E-state index is 12.3. The summed E-state index contributed by atoms with van der Waals surface area (Å²) in [5.74, 6) is 2.04. The van der Waals surface area contributed by atoms with Crippen molar-refractivity contribution >= 4 is 17.7 Å². The molecule has 0 radical (unpaired) electrons. The number of rotatable bonds is 8. The fourth-order valence-electron chi connectivity index (χ4n) is 3.05. The largest absolute Gasteiger partial charge is 0.352 e. The molecule has 1 heterocycles. The number of carbonyl (C=O) groups excluding carboxylic acids is 1. The molecule has 0 fully saturated rings. The molecule has 5 nitrogen and oxygen atoms in total. The second-order valence-electron chi connectivity index (χ2n) is 7.46. The first-order valence-electron chi connectivity index (χ1n) is 9.98. The number of aromatic nitrogens is 3. The van der Waals surface area contributed by atoms with Gasteiger partial charge in [0.2, 0.25) is 0 Å². The van der Waals surface area contributed by atoms with E-state index in [1.807, 2.05) is 36.4 Å². The Bertz CT molecular complexity index is 981. The van der Waals surface area contributed by atoms with E-state index in [9.17, 15) is 4.79 Å². The number of amides is 1. The maximum atomic E-state index is 12.3. The van der Waals surface area contributed by atoms with Crippen molar-refractivity contribution in [2.75, 3.05) is 6.54 Å². The predicted octanol–water partition coefficient (Wildman–Crippen LogP) is 4.95. The number of thioether (sulfide) groups is 1. The van der Waals surface area contributed by atoms with Crippen LogP contribution in [0, 0.1) is 12.8 Å². The van der Waals surface area contributed by atoms with Crippen LogP contribution in [0.1, 0.15) is 42.3 Å². The molecule has 0 aliphatic rings. The summed E-state index contributed by atoms with van der Waals surface area (Å²) in [6, 6.07) is 16.0. The quantitative estimate of drug-likeness (QED) is 0.536. The van der Waals surface area contributed by atoms with Crippen molar-refractivity contribution in [1.82, 2.24) is 20.1 Å². The molecule has 0 aliphatic carbocycles. The minimum Gasteiger partial charge on any atom is -0.352 e. The topological polar surface area (TPSA) is 59.8 Å². The van der Waals surface area contributed by atoms with Gasteiger partial charge in [0.15, 0.2) is 11.0 Å². The van der Waals surface area contributed by atoms with E-state index < -0.39 is 0 Å². The third kappa shape index (κ3) is 5.26. The van der Waals surface area contributed by atoms with E-state index in [4.69, 9.17) is 0 Å². The number of hydrogen-bond acceptors (Lipinski definition) is 4. The van der Waals surface area contributed by atoms with Crippen LogP contribution in [-0.2, 0) is 12.3 Å². The van der Waals surface area contributed by atoms with E-state index in [1.54, 1.807) is 11.8 Å². The summed E-state index contributed by atoms with van der Waals surface area (Å²) in [6.45, 7) is 9.85. The van der Waals surface area contributed by atoms with Crippen molar-refractivity contribution in [3.8, 4) is 11.4 Å². The van der Waals surface area contributed by atoms with Crippen molar-refractivity contribution in [2.45, 2.75) is 45.1 Å². The first-order valence-corrected chi connectivity index (χ1v) is 11.0. The Labute approximate surface area is 176 Å². The van der Waals surface area contributed by atoms with Crippen molar-refractivity contribution in [1.29, 1.82) is 0 Å². The van der Waals surface area contributed by atoms with Gasteiger partial charge < -0.3 is 9.88 Å². The molecule has 1 amide bonds. The monoisotopic (exact) mass is 408 g/mol. The number of benzene rings is 2. The molecule has 0 atom stereocenters. The van der Waals surface area contributed by atoms with Gasteiger partial charge in [-0.1, -0.05) is 62.0 Å². The predicted molar refractivity (Wildman–Crippen MR) is 119 cm³/mol. The Morgan fingerprint density at radius 1 is 1.14 bits per heavy atom. The van der Waals surface area contributed by atoms with E-state index in [0.717, 1.165) is 34.4 Å². The van der Waals surface area contributed by atoms with Gasteiger partial charge in [0.1, 0.15) is 0 Å². The summed E-state index contributed by atoms with van der Waals surface area (Å²) >= 11 is 1.64. The second-order valence-corrected chi connectivity index (χ2v) is 8.40. The van der Waals surface area contributed by atoms with Crippen molar-refractivity contribution in [3.63, 3.8) is 0 Å². The SMILES string of the molecule is CCn1c(SCc2cccc(C(=O)NCC(C)C)c2)nnc1-c1ccccc1C. The molecular formula is C23H28N4OS. The molecule has 3 rings (SSSR count). The minimum atomic E-state index is -0.0240. The molecule has 29 heavy (non-hydrogen) atoms. The number of nitrogens with one attached hydrogen (secondary N) is 1. The summed E-state index contributed by atoms with van der Waals surface area (Å²) < 4.78 is 2.15. The average molecular weight is 409 g/mol. The zero-order valence-corrected chi connectivity index (χ0v) is 18.3. The van der Waals surface area contributed by atoms with Gasteiger partial charge in [-0.15, -0.1) is 10.2 Å². The zero-order chi connectivity index (χ0) is 20.8.